The Balaban J connectivity index is 4.05. The van der Waals surface area contributed by atoms with E-state index >= 15 is 0 Å². The van der Waals surface area contributed by atoms with E-state index in [0.717, 1.165) is 11.4 Å². The van der Waals surface area contributed by atoms with E-state index in [0.29, 0.717) is 0 Å². The van der Waals surface area contributed by atoms with Gasteiger partial charge in [0.1, 0.15) is 0 Å². The van der Waals surface area contributed by atoms with Gasteiger partial charge in [-0.1, -0.05) is 45.8 Å². The number of halogens is 1. The van der Waals surface area contributed by atoms with Crippen molar-refractivity contribution in [2.45, 2.75) is 45.8 Å². The molecule has 0 amide bonds. The highest BCUT2D eigenvalue weighted by atomic mass is 35.5. The van der Waals surface area contributed by atoms with Crippen LogP contribution < -0.4 is 0 Å². The summed E-state index contributed by atoms with van der Waals surface area (Å²) in [4.78, 5) is 0. The SMILES string of the molecule is CC[Si](CC)(CCl)CC(C)C. The predicted molar refractivity (Wildman–Crippen MR) is 57.1 cm³/mol. The lowest BCUT2D eigenvalue weighted by atomic mass is 10.3. The van der Waals surface area contributed by atoms with Gasteiger partial charge in [0.05, 0.1) is 8.07 Å². The third-order valence-corrected chi connectivity index (χ3v) is 9.58. The summed E-state index contributed by atoms with van der Waals surface area (Å²) in [6.45, 7) is 9.22. The second-order valence-corrected chi connectivity index (χ2v) is 9.83. The van der Waals surface area contributed by atoms with Gasteiger partial charge >= 0.3 is 0 Å². The molecule has 0 aromatic rings. The summed E-state index contributed by atoms with van der Waals surface area (Å²) >= 11 is 6.03. The summed E-state index contributed by atoms with van der Waals surface area (Å²) < 4.78 is 0. The maximum Gasteiger partial charge on any atom is 0.0697 e. The van der Waals surface area contributed by atoms with Crippen molar-refractivity contribution < 1.29 is 0 Å². The zero-order valence-corrected chi connectivity index (χ0v) is 10.0. The molecule has 0 atom stereocenters. The van der Waals surface area contributed by atoms with Gasteiger partial charge in [-0.15, -0.1) is 11.6 Å². The maximum atomic E-state index is 6.03. The molecule has 68 valence electrons. The van der Waals surface area contributed by atoms with E-state index in [2.05, 4.69) is 27.7 Å². The third-order valence-electron chi connectivity index (χ3n) is 2.62. The molecule has 0 radical (unpaired) electrons. The fraction of sp³-hybridized carbons (Fsp3) is 1.00. The van der Waals surface area contributed by atoms with Crippen LogP contribution in [0.2, 0.25) is 18.1 Å². The van der Waals surface area contributed by atoms with Crippen molar-refractivity contribution in [2.24, 2.45) is 5.92 Å². The van der Waals surface area contributed by atoms with Crippen LogP contribution in [0.25, 0.3) is 0 Å². The second-order valence-electron chi connectivity index (χ2n) is 3.94. The molecule has 0 unspecified atom stereocenters. The van der Waals surface area contributed by atoms with Gasteiger partial charge in [-0.2, -0.15) is 0 Å². The summed E-state index contributed by atoms with van der Waals surface area (Å²) in [5, 5.41) is 0. The Morgan fingerprint density at radius 2 is 1.64 bits per heavy atom. The van der Waals surface area contributed by atoms with Crippen LogP contribution in [0.3, 0.4) is 0 Å². The molecule has 0 spiro atoms. The molecular formula is C9H21ClSi. The summed E-state index contributed by atoms with van der Waals surface area (Å²) in [5.74, 6) is 0.834. The lowest BCUT2D eigenvalue weighted by molar-refractivity contribution is 0.714. The topological polar surface area (TPSA) is 0 Å². The van der Waals surface area contributed by atoms with Crippen molar-refractivity contribution >= 4 is 19.7 Å². The van der Waals surface area contributed by atoms with Crippen LogP contribution in [0, 0.1) is 5.92 Å². The molecule has 11 heavy (non-hydrogen) atoms. The van der Waals surface area contributed by atoms with Gasteiger partial charge in [-0.3, -0.25) is 0 Å². The van der Waals surface area contributed by atoms with E-state index < -0.39 is 8.07 Å². The van der Waals surface area contributed by atoms with Gasteiger partial charge in [-0.05, 0) is 5.92 Å². The Labute approximate surface area is 77.3 Å². The fourth-order valence-electron chi connectivity index (χ4n) is 1.65. The number of alkyl halides is 1. The minimum atomic E-state index is -1.02. The number of hydrogen-bond acceptors (Lipinski definition) is 0. The van der Waals surface area contributed by atoms with Crippen molar-refractivity contribution in [1.82, 2.24) is 0 Å². The Morgan fingerprint density at radius 3 is 1.73 bits per heavy atom. The zero-order valence-electron chi connectivity index (χ0n) is 8.28. The van der Waals surface area contributed by atoms with Crippen LogP contribution in [-0.4, -0.2) is 13.6 Å². The van der Waals surface area contributed by atoms with Gasteiger partial charge in [0.25, 0.3) is 0 Å². The quantitative estimate of drug-likeness (QED) is 0.458. The van der Waals surface area contributed by atoms with E-state index in [4.69, 9.17) is 11.6 Å². The van der Waals surface area contributed by atoms with E-state index in [-0.39, 0.29) is 0 Å². The van der Waals surface area contributed by atoms with Crippen LogP contribution in [0.1, 0.15) is 27.7 Å². The average molecular weight is 193 g/mol. The molecule has 0 heterocycles. The molecule has 0 aliphatic carbocycles. The minimum Gasteiger partial charge on any atom is -0.130 e. The fourth-order valence-corrected chi connectivity index (χ4v) is 6.41. The third kappa shape index (κ3) is 3.61. The second kappa shape index (κ2) is 5.21. The van der Waals surface area contributed by atoms with Crippen LogP contribution in [0.5, 0.6) is 0 Å². The lowest BCUT2D eigenvalue weighted by Gasteiger charge is -2.28. The molecule has 2 heteroatoms. The van der Waals surface area contributed by atoms with Gasteiger partial charge in [0.2, 0.25) is 0 Å². The largest absolute Gasteiger partial charge is 0.130 e. The highest BCUT2D eigenvalue weighted by molar-refractivity contribution is 6.85. The van der Waals surface area contributed by atoms with Crippen molar-refractivity contribution in [2.75, 3.05) is 5.50 Å². The van der Waals surface area contributed by atoms with Gasteiger partial charge in [-0.25, -0.2) is 0 Å². The Morgan fingerprint density at radius 1 is 1.18 bits per heavy atom. The van der Waals surface area contributed by atoms with Crippen molar-refractivity contribution in [3.05, 3.63) is 0 Å². The Bertz CT molecular complexity index is 89.5. The van der Waals surface area contributed by atoms with Crippen molar-refractivity contribution in [3.63, 3.8) is 0 Å². The highest BCUT2D eigenvalue weighted by Crippen LogP contribution is 2.25. The Kier molecular flexibility index (Phi) is 5.45. The van der Waals surface area contributed by atoms with E-state index in [1.165, 1.54) is 18.1 Å². The molecule has 0 bridgehead atoms. The van der Waals surface area contributed by atoms with Crippen LogP contribution in [0.4, 0.5) is 0 Å². The minimum absolute atomic E-state index is 0.834. The molecule has 0 nitrogen and oxygen atoms in total. The Hall–Kier alpha value is 0.507. The maximum absolute atomic E-state index is 6.03. The molecule has 0 aliphatic heterocycles. The van der Waals surface area contributed by atoms with Gasteiger partial charge in [0, 0.05) is 5.50 Å². The first kappa shape index (κ1) is 11.5. The standard InChI is InChI=1S/C9H21ClSi/c1-5-11(6-2,8-10)7-9(3)4/h9H,5-8H2,1-4H3. The van der Waals surface area contributed by atoms with E-state index in [1.54, 1.807) is 0 Å². The lowest BCUT2D eigenvalue weighted by Crippen LogP contribution is -2.36. The summed E-state index contributed by atoms with van der Waals surface area (Å²) in [6, 6.07) is 4.11. The van der Waals surface area contributed by atoms with Crippen LogP contribution in [-0.2, 0) is 0 Å². The molecule has 0 rings (SSSR count). The molecular weight excluding hydrogens is 172 g/mol. The van der Waals surface area contributed by atoms with Gasteiger partial charge < -0.3 is 0 Å². The molecule has 0 N–H and O–H groups in total. The smallest absolute Gasteiger partial charge is 0.0697 e. The zero-order chi connectivity index (χ0) is 8.91. The molecule has 0 saturated carbocycles. The van der Waals surface area contributed by atoms with Crippen molar-refractivity contribution in [3.8, 4) is 0 Å². The first-order chi connectivity index (χ1) is 5.10. The molecule has 0 fully saturated rings. The predicted octanol–water partition coefficient (Wildman–Crippen LogP) is 3.91. The monoisotopic (exact) mass is 192 g/mol. The highest BCUT2D eigenvalue weighted by Gasteiger charge is 2.28. The van der Waals surface area contributed by atoms with Gasteiger partial charge in [0.15, 0.2) is 0 Å². The molecule has 0 aliphatic rings. The first-order valence-corrected chi connectivity index (χ1v) is 8.02. The summed E-state index contributed by atoms with van der Waals surface area (Å²) in [5.41, 5.74) is 0.957. The average Bonchev–Trinajstić information content (AvgIpc) is 2.00. The summed E-state index contributed by atoms with van der Waals surface area (Å²) in [6.07, 6.45) is 0. The normalized spacial score (nSPS) is 12.5. The molecule has 0 saturated heterocycles. The molecule has 0 aromatic heterocycles. The van der Waals surface area contributed by atoms with Crippen LogP contribution >= 0.6 is 11.6 Å². The first-order valence-electron chi connectivity index (χ1n) is 4.66. The van der Waals surface area contributed by atoms with Crippen LogP contribution in [0.15, 0.2) is 0 Å². The molecule has 0 aromatic carbocycles. The number of rotatable bonds is 5. The van der Waals surface area contributed by atoms with E-state index in [9.17, 15) is 0 Å². The van der Waals surface area contributed by atoms with Crippen molar-refractivity contribution in [1.29, 1.82) is 0 Å². The summed E-state index contributed by atoms with van der Waals surface area (Å²) in [7, 11) is -1.02. The van der Waals surface area contributed by atoms with E-state index in [1.807, 2.05) is 0 Å². The number of hydrogen-bond donors (Lipinski definition) is 0.